The Hall–Kier alpha value is -2.14. The molecule has 2 aromatic rings. The van der Waals surface area contributed by atoms with Gasteiger partial charge in [0.2, 0.25) is 0 Å². The SMILES string of the molecule is NCCc1ccccc1-n1ccc(C(N)=O)n1. The van der Waals surface area contributed by atoms with Crippen LogP contribution in [0.4, 0.5) is 0 Å². The average Bonchev–Trinajstić information content (AvgIpc) is 2.79. The summed E-state index contributed by atoms with van der Waals surface area (Å²) in [7, 11) is 0. The molecule has 1 amide bonds. The van der Waals surface area contributed by atoms with Gasteiger partial charge in [0.05, 0.1) is 5.69 Å². The summed E-state index contributed by atoms with van der Waals surface area (Å²) in [4.78, 5) is 11.0. The Morgan fingerprint density at radius 1 is 1.29 bits per heavy atom. The van der Waals surface area contributed by atoms with Crippen LogP contribution in [0, 0.1) is 0 Å². The van der Waals surface area contributed by atoms with E-state index in [1.54, 1.807) is 16.9 Å². The van der Waals surface area contributed by atoms with Crippen molar-refractivity contribution in [2.45, 2.75) is 6.42 Å². The quantitative estimate of drug-likeness (QED) is 0.800. The average molecular weight is 230 g/mol. The topological polar surface area (TPSA) is 86.9 Å². The minimum atomic E-state index is -0.528. The maximum atomic E-state index is 11.0. The fraction of sp³-hybridized carbons (Fsp3) is 0.167. The molecule has 5 nitrogen and oxygen atoms in total. The highest BCUT2D eigenvalue weighted by molar-refractivity contribution is 5.90. The van der Waals surface area contributed by atoms with E-state index in [1.807, 2.05) is 24.3 Å². The molecular formula is C12H14N4O. The van der Waals surface area contributed by atoms with Crippen molar-refractivity contribution in [3.63, 3.8) is 0 Å². The molecule has 1 aromatic carbocycles. The van der Waals surface area contributed by atoms with E-state index in [0.29, 0.717) is 6.54 Å². The number of para-hydroxylation sites is 1. The highest BCUT2D eigenvalue weighted by Gasteiger charge is 2.08. The minimum Gasteiger partial charge on any atom is -0.364 e. The van der Waals surface area contributed by atoms with E-state index < -0.39 is 5.91 Å². The van der Waals surface area contributed by atoms with Crippen molar-refractivity contribution in [2.24, 2.45) is 11.5 Å². The molecule has 0 saturated heterocycles. The van der Waals surface area contributed by atoms with E-state index in [-0.39, 0.29) is 5.69 Å². The molecule has 0 aliphatic carbocycles. The highest BCUT2D eigenvalue weighted by Crippen LogP contribution is 2.14. The van der Waals surface area contributed by atoms with Crippen LogP contribution in [-0.4, -0.2) is 22.2 Å². The lowest BCUT2D eigenvalue weighted by Gasteiger charge is -2.07. The lowest BCUT2D eigenvalue weighted by Crippen LogP contribution is -2.13. The molecule has 0 aliphatic rings. The Morgan fingerprint density at radius 3 is 2.71 bits per heavy atom. The number of carbonyl (C=O) groups excluding carboxylic acids is 1. The molecule has 1 aromatic heterocycles. The number of carbonyl (C=O) groups is 1. The summed E-state index contributed by atoms with van der Waals surface area (Å²) >= 11 is 0. The molecule has 4 N–H and O–H groups in total. The van der Waals surface area contributed by atoms with Crippen LogP contribution in [0.25, 0.3) is 5.69 Å². The summed E-state index contributed by atoms with van der Waals surface area (Å²) in [5, 5.41) is 4.12. The predicted octanol–water partition coefficient (Wildman–Crippen LogP) is 0.472. The van der Waals surface area contributed by atoms with Crippen LogP contribution in [0.2, 0.25) is 0 Å². The van der Waals surface area contributed by atoms with Gasteiger partial charge in [0.15, 0.2) is 0 Å². The van der Waals surface area contributed by atoms with Crippen molar-refractivity contribution in [2.75, 3.05) is 6.54 Å². The monoisotopic (exact) mass is 230 g/mol. The first kappa shape index (κ1) is 11.3. The number of hydrogen-bond acceptors (Lipinski definition) is 3. The van der Waals surface area contributed by atoms with Gasteiger partial charge in [-0.3, -0.25) is 4.79 Å². The molecule has 17 heavy (non-hydrogen) atoms. The van der Waals surface area contributed by atoms with Crippen LogP contribution in [0.1, 0.15) is 16.1 Å². The first-order valence-corrected chi connectivity index (χ1v) is 5.36. The number of nitrogens with zero attached hydrogens (tertiary/aromatic N) is 2. The number of rotatable bonds is 4. The van der Waals surface area contributed by atoms with E-state index in [9.17, 15) is 4.79 Å². The molecular weight excluding hydrogens is 216 g/mol. The van der Waals surface area contributed by atoms with E-state index >= 15 is 0 Å². The van der Waals surface area contributed by atoms with Crippen LogP contribution in [0.15, 0.2) is 36.5 Å². The molecule has 0 spiro atoms. The number of aromatic nitrogens is 2. The zero-order valence-electron chi connectivity index (χ0n) is 9.34. The van der Waals surface area contributed by atoms with Gasteiger partial charge in [0.25, 0.3) is 5.91 Å². The van der Waals surface area contributed by atoms with Gasteiger partial charge in [-0.05, 0) is 30.7 Å². The summed E-state index contributed by atoms with van der Waals surface area (Å²) in [6.45, 7) is 0.570. The Labute approximate surface area is 99.0 Å². The fourth-order valence-electron chi connectivity index (χ4n) is 1.69. The lowest BCUT2D eigenvalue weighted by molar-refractivity contribution is 0.0995. The van der Waals surface area contributed by atoms with Crippen molar-refractivity contribution in [1.82, 2.24) is 9.78 Å². The van der Waals surface area contributed by atoms with Crippen LogP contribution >= 0.6 is 0 Å². The molecule has 2 rings (SSSR count). The zero-order chi connectivity index (χ0) is 12.3. The maximum Gasteiger partial charge on any atom is 0.269 e. The number of primary amides is 1. The highest BCUT2D eigenvalue weighted by atomic mass is 16.1. The second-order valence-corrected chi connectivity index (χ2v) is 3.68. The lowest BCUT2D eigenvalue weighted by atomic mass is 10.1. The van der Waals surface area contributed by atoms with Crippen LogP contribution in [0.3, 0.4) is 0 Å². The Bertz CT molecular complexity index is 533. The normalized spacial score (nSPS) is 10.4. The third kappa shape index (κ3) is 2.34. The first-order chi connectivity index (χ1) is 8.22. The van der Waals surface area contributed by atoms with Crippen molar-refractivity contribution in [1.29, 1.82) is 0 Å². The van der Waals surface area contributed by atoms with Gasteiger partial charge in [-0.15, -0.1) is 0 Å². The molecule has 0 radical (unpaired) electrons. The fourth-order valence-corrected chi connectivity index (χ4v) is 1.69. The minimum absolute atomic E-state index is 0.257. The number of hydrogen-bond donors (Lipinski definition) is 2. The van der Waals surface area contributed by atoms with Gasteiger partial charge >= 0.3 is 0 Å². The van der Waals surface area contributed by atoms with Gasteiger partial charge in [-0.25, -0.2) is 4.68 Å². The number of nitrogens with two attached hydrogens (primary N) is 2. The Morgan fingerprint density at radius 2 is 2.06 bits per heavy atom. The first-order valence-electron chi connectivity index (χ1n) is 5.36. The second kappa shape index (κ2) is 4.80. The third-order valence-corrected chi connectivity index (χ3v) is 2.49. The molecule has 0 fully saturated rings. The third-order valence-electron chi connectivity index (χ3n) is 2.49. The van der Waals surface area contributed by atoms with Crippen molar-refractivity contribution < 1.29 is 4.79 Å². The molecule has 5 heteroatoms. The molecule has 0 bridgehead atoms. The van der Waals surface area contributed by atoms with Gasteiger partial charge < -0.3 is 11.5 Å². The summed E-state index contributed by atoms with van der Waals surface area (Å²) in [5.41, 5.74) is 13.0. The summed E-state index contributed by atoms with van der Waals surface area (Å²) in [6.07, 6.45) is 2.48. The smallest absolute Gasteiger partial charge is 0.269 e. The second-order valence-electron chi connectivity index (χ2n) is 3.68. The Balaban J connectivity index is 2.41. The summed E-state index contributed by atoms with van der Waals surface area (Å²) < 4.78 is 1.64. The van der Waals surface area contributed by atoms with Gasteiger partial charge in [0.1, 0.15) is 5.69 Å². The van der Waals surface area contributed by atoms with Crippen molar-refractivity contribution in [3.8, 4) is 5.69 Å². The molecule has 0 saturated carbocycles. The van der Waals surface area contributed by atoms with Gasteiger partial charge in [-0.1, -0.05) is 18.2 Å². The largest absolute Gasteiger partial charge is 0.364 e. The van der Waals surface area contributed by atoms with Crippen molar-refractivity contribution in [3.05, 3.63) is 47.8 Å². The molecule has 88 valence electrons. The van der Waals surface area contributed by atoms with Crippen LogP contribution < -0.4 is 11.5 Å². The summed E-state index contributed by atoms with van der Waals surface area (Å²) in [5.74, 6) is -0.528. The predicted molar refractivity (Wildman–Crippen MR) is 64.8 cm³/mol. The van der Waals surface area contributed by atoms with E-state index in [1.165, 1.54) is 0 Å². The zero-order valence-corrected chi connectivity index (χ0v) is 9.34. The van der Waals surface area contributed by atoms with E-state index in [0.717, 1.165) is 17.7 Å². The maximum absolute atomic E-state index is 11.0. The number of benzene rings is 1. The molecule has 0 atom stereocenters. The Kier molecular flexibility index (Phi) is 3.20. The summed E-state index contributed by atoms with van der Waals surface area (Å²) in [6, 6.07) is 9.39. The van der Waals surface area contributed by atoms with Crippen LogP contribution in [0.5, 0.6) is 0 Å². The molecule has 0 aliphatic heterocycles. The number of amides is 1. The van der Waals surface area contributed by atoms with Gasteiger partial charge in [-0.2, -0.15) is 5.10 Å². The van der Waals surface area contributed by atoms with E-state index in [4.69, 9.17) is 11.5 Å². The molecule has 1 heterocycles. The van der Waals surface area contributed by atoms with Crippen molar-refractivity contribution >= 4 is 5.91 Å². The standard InChI is InChI=1S/C12H14N4O/c13-7-5-9-3-1-2-4-11(9)16-8-6-10(15-16)12(14)17/h1-4,6,8H,5,7,13H2,(H2,14,17). The van der Waals surface area contributed by atoms with Crippen LogP contribution in [-0.2, 0) is 6.42 Å². The molecule has 0 unspecified atom stereocenters. The van der Waals surface area contributed by atoms with E-state index in [2.05, 4.69) is 5.10 Å². The van der Waals surface area contributed by atoms with Gasteiger partial charge in [0, 0.05) is 6.20 Å².